The Morgan fingerprint density at radius 2 is 1.87 bits per heavy atom. The lowest BCUT2D eigenvalue weighted by atomic mass is 9.72. The summed E-state index contributed by atoms with van der Waals surface area (Å²) in [7, 11) is -5.76. The third kappa shape index (κ3) is 2.16. The Morgan fingerprint density at radius 3 is 2.39 bits per heavy atom. The lowest BCUT2D eigenvalue weighted by molar-refractivity contribution is -0.114. The third-order valence-corrected chi connectivity index (χ3v) is 6.89. The summed E-state index contributed by atoms with van der Waals surface area (Å²) >= 11 is 0. The molecule has 0 heterocycles. The maximum absolute atomic E-state index is 12.6. The van der Waals surface area contributed by atoms with Gasteiger partial charge in [-0.25, -0.2) is 0 Å². The zero-order valence-electron chi connectivity index (χ0n) is 13.1. The minimum atomic E-state index is -5.76. The monoisotopic (exact) mass is 352 g/mol. The maximum Gasteiger partial charge on any atom is 0.534 e. The second-order valence-electron chi connectivity index (χ2n) is 8.04. The van der Waals surface area contributed by atoms with Crippen LogP contribution < -0.4 is 0 Å². The van der Waals surface area contributed by atoms with Gasteiger partial charge in [-0.15, -0.1) is 0 Å². The Morgan fingerprint density at radius 1 is 1.26 bits per heavy atom. The van der Waals surface area contributed by atoms with Gasteiger partial charge in [0.25, 0.3) is 0 Å². The van der Waals surface area contributed by atoms with Gasteiger partial charge in [0, 0.05) is 0 Å². The molecule has 0 N–H and O–H groups in total. The van der Waals surface area contributed by atoms with Crippen molar-refractivity contribution in [1.82, 2.24) is 0 Å². The van der Waals surface area contributed by atoms with Gasteiger partial charge in [0.2, 0.25) is 0 Å². The molecule has 3 rings (SSSR count). The number of rotatable bonds is 3. The molecule has 0 aromatic rings. The predicted molar refractivity (Wildman–Crippen MR) is 75.4 cm³/mol. The summed E-state index contributed by atoms with van der Waals surface area (Å²) in [6, 6.07) is 0. The summed E-state index contributed by atoms with van der Waals surface area (Å²) in [6.07, 6.45) is 3.94. The molecule has 130 valence electrons. The van der Waals surface area contributed by atoms with E-state index in [9.17, 15) is 26.4 Å². The van der Waals surface area contributed by atoms with Crippen molar-refractivity contribution >= 4 is 16.4 Å². The van der Waals surface area contributed by atoms with Gasteiger partial charge in [-0.3, -0.25) is 0 Å². The van der Waals surface area contributed by atoms with E-state index in [1.54, 1.807) is 0 Å². The van der Waals surface area contributed by atoms with Gasteiger partial charge in [0.15, 0.2) is 0 Å². The molecule has 0 aromatic carbocycles. The lowest BCUT2D eigenvalue weighted by Crippen LogP contribution is -2.34. The molecule has 0 spiro atoms. The molecule has 0 aliphatic heterocycles. The quantitative estimate of drug-likeness (QED) is 0.444. The van der Waals surface area contributed by atoms with E-state index in [0.717, 1.165) is 12.8 Å². The van der Waals surface area contributed by atoms with E-state index in [4.69, 9.17) is 0 Å². The van der Waals surface area contributed by atoms with Gasteiger partial charge >= 0.3 is 15.6 Å². The van der Waals surface area contributed by atoms with E-state index in [0.29, 0.717) is 12.7 Å². The second kappa shape index (κ2) is 4.32. The van der Waals surface area contributed by atoms with Gasteiger partial charge in [-0.1, -0.05) is 20.8 Å². The van der Waals surface area contributed by atoms with Crippen molar-refractivity contribution in [1.29, 1.82) is 0 Å². The van der Waals surface area contributed by atoms with Crippen LogP contribution >= 0.6 is 0 Å². The number of carbonyl (C=O) groups excluding carboxylic acids is 1. The van der Waals surface area contributed by atoms with Crippen molar-refractivity contribution < 1.29 is 30.6 Å². The topological polar surface area (TPSA) is 60.4 Å². The van der Waals surface area contributed by atoms with E-state index in [-0.39, 0.29) is 23.0 Å². The first-order chi connectivity index (χ1) is 10.3. The smallest absolute Gasteiger partial charge is 0.380 e. The summed E-state index contributed by atoms with van der Waals surface area (Å²) in [5.74, 6) is -0.251. The van der Waals surface area contributed by atoms with Crippen LogP contribution in [-0.2, 0) is 19.1 Å². The zero-order valence-corrected chi connectivity index (χ0v) is 13.9. The molecule has 23 heavy (non-hydrogen) atoms. The van der Waals surface area contributed by atoms with Crippen molar-refractivity contribution in [3.8, 4) is 0 Å². The average Bonchev–Trinajstić information content (AvgIpc) is 2.89. The van der Waals surface area contributed by atoms with Crippen molar-refractivity contribution in [2.45, 2.75) is 45.5 Å². The summed E-state index contributed by atoms with van der Waals surface area (Å²) in [4.78, 5) is 11.6. The highest BCUT2D eigenvalue weighted by atomic mass is 32.2. The summed E-state index contributed by atoms with van der Waals surface area (Å²) in [6.45, 7) is 5.98. The fourth-order valence-electron chi connectivity index (χ4n) is 4.69. The molecule has 0 radical (unpaired) electrons. The van der Waals surface area contributed by atoms with Crippen LogP contribution in [0.2, 0.25) is 0 Å². The number of halogens is 3. The van der Waals surface area contributed by atoms with Gasteiger partial charge in [-0.05, 0) is 48.0 Å². The number of carbonyl (C=O) groups is 1. The van der Waals surface area contributed by atoms with E-state index >= 15 is 0 Å². The minimum absolute atomic E-state index is 0.00437. The predicted octanol–water partition coefficient (Wildman–Crippen LogP) is 3.40. The zero-order chi connectivity index (χ0) is 17.5. The summed E-state index contributed by atoms with van der Waals surface area (Å²) in [5, 5.41) is 0. The molecule has 2 saturated carbocycles. The van der Waals surface area contributed by atoms with E-state index in [1.807, 2.05) is 6.92 Å². The molecule has 3 aliphatic rings. The minimum Gasteiger partial charge on any atom is -0.380 e. The molecule has 3 aliphatic carbocycles. The van der Waals surface area contributed by atoms with E-state index < -0.39 is 26.5 Å². The van der Waals surface area contributed by atoms with Gasteiger partial charge in [0.1, 0.15) is 12.0 Å². The summed E-state index contributed by atoms with van der Waals surface area (Å²) < 4.78 is 65.0. The van der Waals surface area contributed by atoms with Crippen LogP contribution in [0.1, 0.15) is 40.0 Å². The number of fused-ring (bicyclic) bond motifs is 3. The molecular weight excluding hydrogens is 333 g/mol. The summed E-state index contributed by atoms with van der Waals surface area (Å²) in [5.41, 5.74) is -7.27. The average molecular weight is 352 g/mol. The largest absolute Gasteiger partial charge is 0.534 e. The Balaban J connectivity index is 2.02. The molecule has 0 unspecified atom stereocenters. The standard InChI is InChI=1S/C15H19F3O4S/c1-12(2)5-9-4-11(22-23(20,21)15(16,17)18)14(8-19)7-13(14,3)10(9)6-12/h4,8-10H,5-7H2,1-3H3/t9-,10+,13-,14-/m1/s1. The van der Waals surface area contributed by atoms with Gasteiger partial charge in [0.05, 0.1) is 5.41 Å². The molecule has 0 saturated heterocycles. The SMILES string of the molecule is CC1(C)C[C@H]2C=C(OS(=O)(=O)C(F)(F)F)[C@]3(C=O)C[C@]3(C)[C@H]2C1. The highest BCUT2D eigenvalue weighted by Gasteiger charge is 2.75. The van der Waals surface area contributed by atoms with Crippen LogP contribution in [0.3, 0.4) is 0 Å². The molecule has 0 aromatic heterocycles. The highest BCUT2D eigenvalue weighted by molar-refractivity contribution is 7.87. The van der Waals surface area contributed by atoms with Crippen LogP contribution in [0, 0.1) is 28.1 Å². The van der Waals surface area contributed by atoms with Crippen molar-refractivity contribution in [3.05, 3.63) is 11.8 Å². The van der Waals surface area contributed by atoms with Crippen molar-refractivity contribution in [3.63, 3.8) is 0 Å². The molecule has 8 heteroatoms. The Bertz CT molecular complexity index is 694. The first kappa shape index (κ1) is 16.8. The Hall–Kier alpha value is -1.05. The normalized spacial score (nSPS) is 41.6. The molecule has 2 fully saturated rings. The Kier molecular flexibility index (Phi) is 3.15. The van der Waals surface area contributed by atoms with Gasteiger partial charge < -0.3 is 8.98 Å². The molecule has 4 atom stereocenters. The maximum atomic E-state index is 12.6. The van der Waals surface area contributed by atoms with Crippen molar-refractivity contribution in [2.75, 3.05) is 0 Å². The fourth-order valence-corrected chi connectivity index (χ4v) is 5.23. The number of allylic oxidation sites excluding steroid dienone is 2. The van der Waals surface area contributed by atoms with Crippen molar-refractivity contribution in [2.24, 2.45) is 28.1 Å². The third-order valence-electron chi connectivity index (χ3n) is 5.93. The number of aldehydes is 1. The Labute approximate surface area is 133 Å². The van der Waals surface area contributed by atoms with E-state index in [1.165, 1.54) is 6.08 Å². The fraction of sp³-hybridized carbons (Fsp3) is 0.800. The van der Waals surface area contributed by atoms with Crippen LogP contribution in [0.4, 0.5) is 13.2 Å². The lowest BCUT2D eigenvalue weighted by Gasteiger charge is -2.34. The van der Waals surface area contributed by atoms with Gasteiger partial charge in [-0.2, -0.15) is 21.6 Å². The number of hydrogen-bond donors (Lipinski definition) is 0. The first-order valence-corrected chi connectivity index (χ1v) is 8.88. The van der Waals surface area contributed by atoms with Crippen LogP contribution in [0.15, 0.2) is 11.8 Å². The van der Waals surface area contributed by atoms with Crippen LogP contribution in [0.25, 0.3) is 0 Å². The highest BCUT2D eigenvalue weighted by Crippen LogP contribution is 2.77. The molecule has 0 bridgehead atoms. The molecular formula is C15H19F3O4S. The molecule has 4 nitrogen and oxygen atoms in total. The van der Waals surface area contributed by atoms with E-state index in [2.05, 4.69) is 18.0 Å². The second-order valence-corrected chi connectivity index (χ2v) is 9.58. The first-order valence-electron chi connectivity index (χ1n) is 7.47. The number of hydrogen-bond acceptors (Lipinski definition) is 4. The molecule has 0 amide bonds. The number of alkyl halides is 3. The van der Waals surface area contributed by atoms with Crippen LogP contribution in [0.5, 0.6) is 0 Å². The van der Waals surface area contributed by atoms with Crippen LogP contribution in [-0.4, -0.2) is 20.2 Å².